The number of methoxy groups -OCH3 is 1. The minimum absolute atomic E-state index is 0.190. The second-order valence-corrected chi connectivity index (χ2v) is 6.44. The number of aliphatic hydroxyl groups is 1. The molecule has 134 valence electrons. The third-order valence-corrected chi connectivity index (χ3v) is 4.33. The van der Waals surface area contributed by atoms with Crippen LogP contribution in [-0.2, 0) is 11.2 Å². The zero-order chi connectivity index (χ0) is 18.0. The van der Waals surface area contributed by atoms with Crippen LogP contribution in [0.25, 0.3) is 21.9 Å². The van der Waals surface area contributed by atoms with E-state index in [4.69, 9.17) is 15.2 Å². The fourth-order valence-corrected chi connectivity index (χ4v) is 2.60. The predicted molar refractivity (Wildman–Crippen MR) is 97.8 cm³/mol. The Morgan fingerprint density at radius 1 is 1.32 bits per heavy atom. The summed E-state index contributed by atoms with van der Waals surface area (Å²) in [4.78, 5) is 12.3. The van der Waals surface area contributed by atoms with Crippen LogP contribution in [-0.4, -0.2) is 46.0 Å². The van der Waals surface area contributed by atoms with Crippen molar-refractivity contribution >= 4 is 27.8 Å². The minimum atomic E-state index is -0.891. The molecule has 7 nitrogen and oxygen atoms in total. The molecule has 0 aliphatic carbocycles. The molecule has 2 heterocycles. The van der Waals surface area contributed by atoms with E-state index in [0.717, 1.165) is 16.7 Å². The van der Waals surface area contributed by atoms with E-state index in [-0.39, 0.29) is 6.61 Å². The summed E-state index contributed by atoms with van der Waals surface area (Å²) in [5.41, 5.74) is 7.32. The highest BCUT2D eigenvalue weighted by molar-refractivity contribution is 6.09. The van der Waals surface area contributed by atoms with Crippen LogP contribution in [0.2, 0.25) is 0 Å². The van der Waals surface area contributed by atoms with Gasteiger partial charge in [-0.25, -0.2) is 9.97 Å². The van der Waals surface area contributed by atoms with E-state index in [9.17, 15) is 5.11 Å². The third-order valence-electron chi connectivity index (χ3n) is 4.33. The first-order valence-corrected chi connectivity index (χ1v) is 8.36. The quantitative estimate of drug-likeness (QED) is 0.608. The van der Waals surface area contributed by atoms with Crippen molar-refractivity contribution in [1.82, 2.24) is 15.0 Å². The van der Waals surface area contributed by atoms with E-state index < -0.39 is 5.60 Å². The first kappa shape index (κ1) is 17.4. The lowest BCUT2D eigenvalue weighted by Gasteiger charge is -2.22. The van der Waals surface area contributed by atoms with E-state index in [2.05, 4.69) is 15.0 Å². The number of pyridine rings is 1. The van der Waals surface area contributed by atoms with Gasteiger partial charge in [-0.15, -0.1) is 0 Å². The molecule has 0 amide bonds. The number of H-pyrrole nitrogens is 1. The third kappa shape index (κ3) is 3.52. The molecule has 0 radical (unpaired) electrons. The highest BCUT2D eigenvalue weighted by Crippen LogP contribution is 2.33. The number of fused-ring (bicyclic) bond motifs is 3. The van der Waals surface area contributed by atoms with Gasteiger partial charge < -0.3 is 25.3 Å². The molecule has 4 N–H and O–H groups in total. The number of nitrogen functional groups attached to an aromatic ring is 1. The van der Waals surface area contributed by atoms with Crippen LogP contribution in [0.15, 0.2) is 18.2 Å². The zero-order valence-corrected chi connectivity index (χ0v) is 14.8. The lowest BCUT2D eigenvalue weighted by atomic mass is 10.1. The van der Waals surface area contributed by atoms with E-state index in [1.807, 2.05) is 25.1 Å². The van der Waals surface area contributed by atoms with Crippen LogP contribution < -0.4 is 10.5 Å². The standard InChI is InChI=1S/C18H24N4O3/c1-4-18(2,23)10-25-12-7-5-6-11-14(12)15-16(17(19)20-11)22-13(21-15)8-9-24-3/h5-7,23H,4,8-10H2,1-3H3,(H2,19,20)(H,21,22). The monoisotopic (exact) mass is 344 g/mol. The minimum Gasteiger partial charge on any atom is -0.490 e. The molecule has 25 heavy (non-hydrogen) atoms. The van der Waals surface area contributed by atoms with Crippen LogP contribution >= 0.6 is 0 Å². The van der Waals surface area contributed by atoms with E-state index in [1.54, 1.807) is 14.0 Å². The van der Waals surface area contributed by atoms with Gasteiger partial charge in [0.15, 0.2) is 0 Å². The number of imidazole rings is 1. The summed E-state index contributed by atoms with van der Waals surface area (Å²) >= 11 is 0. The van der Waals surface area contributed by atoms with Crippen LogP contribution in [0.5, 0.6) is 5.75 Å². The molecule has 0 spiro atoms. The summed E-state index contributed by atoms with van der Waals surface area (Å²) in [5.74, 6) is 1.82. The van der Waals surface area contributed by atoms with Gasteiger partial charge in [0.05, 0.1) is 23.1 Å². The van der Waals surface area contributed by atoms with Gasteiger partial charge in [-0.2, -0.15) is 0 Å². The van der Waals surface area contributed by atoms with Crippen LogP contribution in [0.3, 0.4) is 0 Å². The Morgan fingerprint density at radius 2 is 2.12 bits per heavy atom. The maximum Gasteiger partial charge on any atom is 0.150 e. The Balaban J connectivity index is 2.10. The van der Waals surface area contributed by atoms with Crippen molar-refractivity contribution in [3.05, 3.63) is 24.0 Å². The second-order valence-electron chi connectivity index (χ2n) is 6.44. The first-order valence-electron chi connectivity index (χ1n) is 8.36. The molecule has 3 rings (SSSR count). The van der Waals surface area contributed by atoms with Gasteiger partial charge >= 0.3 is 0 Å². The highest BCUT2D eigenvalue weighted by atomic mass is 16.5. The number of hydrogen-bond acceptors (Lipinski definition) is 6. The number of ether oxygens (including phenoxy) is 2. The fourth-order valence-electron chi connectivity index (χ4n) is 2.60. The molecule has 1 atom stereocenters. The molecule has 1 aromatic carbocycles. The SMILES string of the molecule is CCC(C)(O)COc1cccc2nc(N)c3[nH]c(CCOC)nc3c12. The van der Waals surface area contributed by atoms with Gasteiger partial charge in [0.2, 0.25) is 0 Å². The fraction of sp³-hybridized carbons (Fsp3) is 0.444. The molecule has 0 fully saturated rings. The Bertz CT molecular complexity index is 889. The first-order chi connectivity index (χ1) is 11.9. The number of hydrogen-bond donors (Lipinski definition) is 3. The number of nitrogens with one attached hydrogen (secondary N) is 1. The van der Waals surface area contributed by atoms with Crippen molar-refractivity contribution in [3.63, 3.8) is 0 Å². The largest absolute Gasteiger partial charge is 0.490 e. The summed E-state index contributed by atoms with van der Waals surface area (Å²) < 4.78 is 11.0. The van der Waals surface area contributed by atoms with E-state index >= 15 is 0 Å². The van der Waals surface area contributed by atoms with Crippen molar-refractivity contribution in [1.29, 1.82) is 0 Å². The summed E-state index contributed by atoms with van der Waals surface area (Å²) in [5, 5.41) is 11.0. The number of nitrogens with two attached hydrogens (primary N) is 1. The number of rotatable bonds is 7. The Kier molecular flexibility index (Phi) is 4.78. The van der Waals surface area contributed by atoms with Gasteiger partial charge in [-0.3, -0.25) is 0 Å². The normalized spacial score (nSPS) is 14.1. The Hall–Kier alpha value is -2.38. The Morgan fingerprint density at radius 3 is 2.84 bits per heavy atom. The number of aromatic amines is 1. The van der Waals surface area contributed by atoms with Crippen LogP contribution in [0.1, 0.15) is 26.1 Å². The number of benzene rings is 1. The van der Waals surface area contributed by atoms with Crippen LogP contribution in [0.4, 0.5) is 5.82 Å². The maximum absolute atomic E-state index is 10.2. The van der Waals surface area contributed by atoms with Crippen molar-refractivity contribution < 1.29 is 14.6 Å². The predicted octanol–water partition coefficient (Wildman–Crippen LogP) is 2.42. The molecule has 0 aliphatic heterocycles. The molecular formula is C18H24N4O3. The lowest BCUT2D eigenvalue weighted by molar-refractivity contribution is 0.00897. The Labute approximate surface area is 146 Å². The van der Waals surface area contributed by atoms with Gasteiger partial charge in [-0.1, -0.05) is 13.0 Å². The smallest absolute Gasteiger partial charge is 0.150 e. The average Bonchev–Trinajstić information content (AvgIpc) is 3.03. The molecule has 0 saturated heterocycles. The molecule has 3 aromatic rings. The zero-order valence-electron chi connectivity index (χ0n) is 14.8. The summed E-state index contributed by atoms with van der Waals surface area (Å²) in [6, 6.07) is 5.59. The topological polar surface area (TPSA) is 106 Å². The van der Waals surface area contributed by atoms with E-state index in [0.29, 0.717) is 42.0 Å². The molecular weight excluding hydrogens is 320 g/mol. The van der Waals surface area contributed by atoms with Gasteiger partial charge in [-0.05, 0) is 25.5 Å². The average molecular weight is 344 g/mol. The molecule has 7 heteroatoms. The van der Waals surface area contributed by atoms with Gasteiger partial charge in [0.25, 0.3) is 0 Å². The van der Waals surface area contributed by atoms with E-state index in [1.165, 1.54) is 0 Å². The molecule has 0 aliphatic rings. The van der Waals surface area contributed by atoms with Crippen LogP contribution in [0, 0.1) is 0 Å². The second kappa shape index (κ2) is 6.85. The van der Waals surface area contributed by atoms with Crippen molar-refractivity contribution in [2.45, 2.75) is 32.3 Å². The molecule has 1 unspecified atom stereocenters. The number of anilines is 1. The molecule has 0 saturated carbocycles. The lowest BCUT2D eigenvalue weighted by Crippen LogP contribution is -2.31. The maximum atomic E-state index is 10.2. The molecule has 0 bridgehead atoms. The summed E-state index contributed by atoms with van der Waals surface area (Å²) in [6.07, 6.45) is 1.25. The van der Waals surface area contributed by atoms with Gasteiger partial charge in [0, 0.05) is 13.5 Å². The number of nitrogens with zero attached hydrogens (tertiary/aromatic N) is 2. The van der Waals surface area contributed by atoms with Crippen molar-refractivity contribution in [2.75, 3.05) is 26.1 Å². The number of aromatic nitrogens is 3. The summed E-state index contributed by atoms with van der Waals surface area (Å²) in [6.45, 7) is 4.42. The molecule has 2 aromatic heterocycles. The van der Waals surface area contributed by atoms with Gasteiger partial charge in [0.1, 0.15) is 35.0 Å². The van der Waals surface area contributed by atoms with Crippen molar-refractivity contribution in [2.24, 2.45) is 0 Å². The summed E-state index contributed by atoms with van der Waals surface area (Å²) in [7, 11) is 1.65. The highest BCUT2D eigenvalue weighted by Gasteiger charge is 2.20. The van der Waals surface area contributed by atoms with Crippen molar-refractivity contribution in [3.8, 4) is 5.75 Å².